The molecule has 8 heteroatoms. The number of aromatic hydroxyl groups is 1. The van der Waals surface area contributed by atoms with Crippen molar-refractivity contribution in [2.24, 2.45) is 0 Å². The van der Waals surface area contributed by atoms with E-state index in [1.807, 2.05) is 19.9 Å². The highest BCUT2D eigenvalue weighted by Gasteiger charge is 2.23. The molecule has 0 spiro atoms. The first kappa shape index (κ1) is 22.1. The van der Waals surface area contributed by atoms with Crippen LogP contribution < -0.4 is 10.9 Å². The van der Waals surface area contributed by atoms with E-state index >= 15 is 0 Å². The molecule has 0 aliphatic carbocycles. The highest BCUT2D eigenvalue weighted by Crippen LogP contribution is 2.31. The largest absolute Gasteiger partial charge is 0.508 e. The highest BCUT2D eigenvalue weighted by atomic mass is 16.4. The number of carbonyl (C=O) groups is 2. The molecule has 1 amide bonds. The van der Waals surface area contributed by atoms with Crippen molar-refractivity contribution in [3.8, 4) is 5.75 Å². The van der Waals surface area contributed by atoms with Gasteiger partial charge in [-0.2, -0.15) is 0 Å². The number of rotatable bonds is 6. The highest BCUT2D eigenvalue weighted by molar-refractivity contribution is 5.96. The smallest absolute Gasteiger partial charge is 0.339 e. The van der Waals surface area contributed by atoms with Gasteiger partial charge in [-0.1, -0.05) is 12.1 Å². The van der Waals surface area contributed by atoms with Crippen LogP contribution in [0.4, 0.5) is 0 Å². The van der Waals surface area contributed by atoms with Crippen LogP contribution in [0.15, 0.2) is 50.0 Å². The molecule has 2 heterocycles. The first-order valence-electron chi connectivity index (χ1n) is 10.4. The Bertz CT molecular complexity index is 1440. The van der Waals surface area contributed by atoms with Crippen molar-refractivity contribution >= 4 is 33.8 Å². The third kappa shape index (κ3) is 4.19. The molecule has 0 saturated heterocycles. The number of benzene rings is 2. The quantitative estimate of drug-likeness (QED) is 0.379. The minimum atomic E-state index is -1.27. The summed E-state index contributed by atoms with van der Waals surface area (Å²) in [6, 6.07) is 7.90. The number of hydrogen-bond acceptors (Lipinski definition) is 6. The maximum absolute atomic E-state index is 12.6. The van der Waals surface area contributed by atoms with E-state index in [4.69, 9.17) is 8.83 Å². The Morgan fingerprint density at radius 2 is 1.61 bits per heavy atom. The van der Waals surface area contributed by atoms with Crippen molar-refractivity contribution < 1.29 is 28.6 Å². The van der Waals surface area contributed by atoms with Gasteiger partial charge in [-0.25, -0.2) is 9.59 Å². The van der Waals surface area contributed by atoms with E-state index in [1.165, 1.54) is 24.3 Å². The predicted octanol–water partition coefficient (Wildman–Crippen LogP) is 4.04. The number of nitrogens with one attached hydrogen (secondary N) is 1. The summed E-state index contributed by atoms with van der Waals surface area (Å²) in [5.41, 5.74) is 2.91. The molecule has 0 aliphatic heterocycles. The van der Waals surface area contributed by atoms with Gasteiger partial charge in [0, 0.05) is 28.8 Å². The molecule has 33 heavy (non-hydrogen) atoms. The number of aryl methyl sites for hydroxylation is 3. The molecular formula is C25H23NO7. The topological polar surface area (TPSA) is 130 Å². The van der Waals surface area contributed by atoms with Gasteiger partial charge in [0.1, 0.15) is 22.7 Å². The van der Waals surface area contributed by atoms with Crippen LogP contribution in [-0.2, 0) is 16.0 Å². The van der Waals surface area contributed by atoms with Crippen LogP contribution in [-0.4, -0.2) is 22.1 Å². The second kappa shape index (κ2) is 8.46. The number of carbonyl (C=O) groups excluding carboxylic acids is 1. The molecule has 0 radical (unpaired) electrons. The Morgan fingerprint density at radius 3 is 2.27 bits per heavy atom. The average molecular weight is 449 g/mol. The summed E-state index contributed by atoms with van der Waals surface area (Å²) in [5.74, 6) is -0.971. The summed E-state index contributed by atoms with van der Waals surface area (Å²) in [5, 5.41) is 23.0. The third-order valence-electron chi connectivity index (χ3n) is 5.96. The summed E-state index contributed by atoms with van der Waals surface area (Å²) in [4.78, 5) is 36.8. The number of phenols is 1. The molecule has 4 rings (SSSR count). The summed E-state index contributed by atoms with van der Waals surface area (Å²) in [7, 11) is 0. The molecule has 0 bridgehead atoms. The van der Waals surface area contributed by atoms with Crippen molar-refractivity contribution in [3.63, 3.8) is 0 Å². The second-order valence-electron chi connectivity index (χ2n) is 8.05. The Kier molecular flexibility index (Phi) is 5.68. The normalized spacial score (nSPS) is 12.2. The summed E-state index contributed by atoms with van der Waals surface area (Å²) in [6.07, 6.45) is 0.00432. The van der Waals surface area contributed by atoms with Crippen LogP contribution in [0.25, 0.3) is 21.9 Å². The monoisotopic (exact) mass is 449 g/mol. The number of carboxylic acid groups (broad SMARTS) is 1. The van der Waals surface area contributed by atoms with Gasteiger partial charge in [0.15, 0.2) is 6.04 Å². The lowest BCUT2D eigenvalue weighted by molar-refractivity contribution is -0.142. The number of fused-ring (bicyclic) bond motifs is 2. The molecule has 0 aliphatic rings. The standard InChI is InChI=1S/C25H23NO7/c1-12-14(3)32-20-11-21-19(10-18(12)20)13(2)17(25(31)33-21)8-9-22(28)26-23(24(29)30)15-4-6-16(27)7-5-15/h4-7,10-11,23,27H,8-9H2,1-3H3,(H,26,28)(H,29,30). The zero-order chi connectivity index (χ0) is 23.9. The molecular weight excluding hydrogens is 426 g/mol. The number of hydrogen-bond donors (Lipinski definition) is 3. The molecule has 1 unspecified atom stereocenters. The Morgan fingerprint density at radius 1 is 0.970 bits per heavy atom. The van der Waals surface area contributed by atoms with Crippen molar-refractivity contribution in [3.05, 3.63) is 74.8 Å². The van der Waals surface area contributed by atoms with Crippen LogP contribution in [0.5, 0.6) is 5.75 Å². The number of amides is 1. The fourth-order valence-corrected chi connectivity index (χ4v) is 3.94. The van der Waals surface area contributed by atoms with E-state index in [0.29, 0.717) is 27.9 Å². The number of aliphatic carboxylic acids is 1. The first-order valence-corrected chi connectivity index (χ1v) is 10.4. The summed E-state index contributed by atoms with van der Waals surface area (Å²) in [6.45, 7) is 5.63. The lowest BCUT2D eigenvalue weighted by Gasteiger charge is -2.15. The van der Waals surface area contributed by atoms with Crippen LogP contribution in [0.2, 0.25) is 0 Å². The van der Waals surface area contributed by atoms with Gasteiger partial charge >= 0.3 is 11.6 Å². The van der Waals surface area contributed by atoms with E-state index in [9.17, 15) is 24.6 Å². The maximum Gasteiger partial charge on any atom is 0.339 e. The third-order valence-corrected chi connectivity index (χ3v) is 5.96. The minimum absolute atomic E-state index is 0.00855. The first-order chi connectivity index (χ1) is 15.7. The van der Waals surface area contributed by atoms with Crippen LogP contribution >= 0.6 is 0 Å². The van der Waals surface area contributed by atoms with Gasteiger partial charge in [-0.05, 0) is 62.1 Å². The predicted molar refractivity (Wildman–Crippen MR) is 121 cm³/mol. The van der Waals surface area contributed by atoms with Crippen LogP contribution in [0.1, 0.15) is 40.5 Å². The van der Waals surface area contributed by atoms with Gasteiger partial charge in [0.2, 0.25) is 5.91 Å². The van der Waals surface area contributed by atoms with E-state index in [2.05, 4.69) is 5.32 Å². The average Bonchev–Trinajstić information content (AvgIpc) is 3.04. The molecule has 8 nitrogen and oxygen atoms in total. The second-order valence-corrected chi connectivity index (χ2v) is 8.05. The zero-order valence-corrected chi connectivity index (χ0v) is 18.4. The van der Waals surface area contributed by atoms with Gasteiger partial charge in [-0.3, -0.25) is 4.79 Å². The molecule has 0 saturated carbocycles. The molecule has 170 valence electrons. The van der Waals surface area contributed by atoms with Crippen molar-refractivity contribution in [1.29, 1.82) is 0 Å². The van der Waals surface area contributed by atoms with Crippen molar-refractivity contribution in [2.75, 3.05) is 0 Å². The van der Waals surface area contributed by atoms with Gasteiger partial charge in [0.05, 0.1) is 0 Å². The van der Waals surface area contributed by atoms with Gasteiger partial charge in [0.25, 0.3) is 0 Å². The van der Waals surface area contributed by atoms with E-state index in [0.717, 1.165) is 22.1 Å². The SMILES string of the molecule is Cc1oc2cc3oc(=O)c(CCC(=O)NC(C(=O)O)c4ccc(O)cc4)c(C)c3cc2c1C. The van der Waals surface area contributed by atoms with Crippen LogP contribution in [0, 0.1) is 20.8 Å². The maximum atomic E-state index is 12.6. The van der Waals surface area contributed by atoms with Gasteiger partial charge < -0.3 is 24.4 Å². The molecule has 0 fully saturated rings. The number of furan rings is 1. The lowest BCUT2D eigenvalue weighted by atomic mass is 10.00. The Balaban J connectivity index is 1.58. The number of phenolic OH excluding ortho intramolecular Hbond substituents is 1. The van der Waals surface area contributed by atoms with Crippen molar-refractivity contribution in [2.45, 2.75) is 39.7 Å². The molecule has 1 atom stereocenters. The van der Waals surface area contributed by atoms with E-state index in [-0.39, 0.29) is 18.6 Å². The van der Waals surface area contributed by atoms with Gasteiger partial charge in [-0.15, -0.1) is 0 Å². The van der Waals surface area contributed by atoms with Crippen LogP contribution in [0.3, 0.4) is 0 Å². The molecule has 3 N–H and O–H groups in total. The minimum Gasteiger partial charge on any atom is -0.508 e. The fourth-order valence-electron chi connectivity index (χ4n) is 3.94. The summed E-state index contributed by atoms with van der Waals surface area (Å²) >= 11 is 0. The fraction of sp³-hybridized carbons (Fsp3) is 0.240. The summed E-state index contributed by atoms with van der Waals surface area (Å²) < 4.78 is 11.2. The Hall–Kier alpha value is -4.07. The van der Waals surface area contributed by atoms with Crippen molar-refractivity contribution in [1.82, 2.24) is 5.32 Å². The molecule has 4 aromatic rings. The zero-order valence-electron chi connectivity index (χ0n) is 18.4. The van der Waals surface area contributed by atoms with E-state index < -0.39 is 23.5 Å². The number of carboxylic acids is 1. The Labute approximate surface area is 188 Å². The molecule has 2 aromatic heterocycles. The van der Waals surface area contributed by atoms with E-state index in [1.54, 1.807) is 13.0 Å². The lowest BCUT2D eigenvalue weighted by Crippen LogP contribution is -2.34. The molecule has 2 aromatic carbocycles.